The summed E-state index contributed by atoms with van der Waals surface area (Å²) in [5.41, 5.74) is 22.0. The third kappa shape index (κ3) is 17.3. The second-order valence-corrected chi connectivity index (χ2v) is 12.8. The van der Waals surface area contributed by atoms with Gasteiger partial charge in [-0.05, 0) is 76.8 Å². The molecule has 0 saturated carbocycles. The minimum Gasteiger partial charge on any atom is -0.481 e. The van der Waals surface area contributed by atoms with Gasteiger partial charge in [-0.25, -0.2) is 0 Å². The van der Waals surface area contributed by atoms with Crippen molar-refractivity contribution in [1.82, 2.24) is 31.9 Å². The van der Waals surface area contributed by atoms with E-state index < -0.39 is 90.7 Å². The minimum atomic E-state index is -1.68. The van der Waals surface area contributed by atoms with E-state index in [1.165, 1.54) is 0 Å². The van der Waals surface area contributed by atoms with Gasteiger partial charge in [0.2, 0.25) is 35.4 Å². The summed E-state index contributed by atoms with van der Waals surface area (Å²) in [7, 11) is 0. The lowest BCUT2D eigenvalue weighted by Crippen LogP contribution is -2.62. The molecular formula is C31H57N11O9. The smallest absolute Gasteiger partial charge is 0.305 e. The van der Waals surface area contributed by atoms with Crippen LogP contribution in [0.2, 0.25) is 0 Å². The van der Waals surface area contributed by atoms with E-state index in [-0.39, 0.29) is 63.6 Å². The Morgan fingerprint density at radius 1 is 0.627 bits per heavy atom. The fourth-order valence-corrected chi connectivity index (χ4v) is 5.21. The lowest BCUT2D eigenvalue weighted by Gasteiger charge is -2.29. The number of nitrogens with one attached hydrogen (secondary N) is 6. The van der Waals surface area contributed by atoms with Crippen molar-refractivity contribution >= 4 is 47.4 Å². The summed E-state index contributed by atoms with van der Waals surface area (Å²) in [6.45, 7) is 3.37. The number of guanidine groups is 1. The fourth-order valence-electron chi connectivity index (χ4n) is 5.21. The van der Waals surface area contributed by atoms with E-state index >= 15 is 0 Å². The fraction of sp³-hybridized carbons (Fsp3) is 0.742. The van der Waals surface area contributed by atoms with Crippen LogP contribution in [0.3, 0.4) is 0 Å². The predicted molar refractivity (Wildman–Crippen MR) is 186 cm³/mol. The molecule has 0 bridgehead atoms. The Bertz CT molecular complexity index is 1210. The number of rotatable bonds is 17. The Morgan fingerprint density at radius 2 is 1.00 bits per heavy atom. The van der Waals surface area contributed by atoms with Crippen LogP contribution in [0.5, 0.6) is 0 Å². The molecular weight excluding hydrogens is 670 g/mol. The highest BCUT2D eigenvalue weighted by Gasteiger charge is 2.35. The van der Waals surface area contributed by atoms with Gasteiger partial charge in [0.15, 0.2) is 5.96 Å². The van der Waals surface area contributed by atoms with Crippen molar-refractivity contribution in [1.29, 1.82) is 0 Å². The maximum atomic E-state index is 13.7. The van der Waals surface area contributed by atoms with Gasteiger partial charge >= 0.3 is 5.97 Å². The first-order valence-electron chi connectivity index (χ1n) is 17.2. The lowest BCUT2D eigenvalue weighted by atomic mass is 10.0. The number of carboxylic acid groups (broad SMARTS) is 1. The molecule has 51 heavy (non-hydrogen) atoms. The highest BCUT2D eigenvalue weighted by Crippen LogP contribution is 2.11. The largest absolute Gasteiger partial charge is 0.481 e. The van der Waals surface area contributed by atoms with Crippen LogP contribution in [-0.2, 0) is 33.6 Å². The predicted octanol–water partition coefficient (Wildman–Crippen LogP) is -4.27. The van der Waals surface area contributed by atoms with Crippen LogP contribution in [0.1, 0.15) is 78.1 Å². The summed E-state index contributed by atoms with van der Waals surface area (Å²) in [6.07, 6.45) is 1.16. The third-order valence-corrected chi connectivity index (χ3v) is 7.91. The number of aliphatic carboxylic acids is 1. The minimum absolute atomic E-state index is 0.00124. The van der Waals surface area contributed by atoms with Gasteiger partial charge in [-0.3, -0.25) is 38.6 Å². The van der Waals surface area contributed by atoms with Gasteiger partial charge in [0, 0.05) is 6.54 Å². The highest BCUT2D eigenvalue weighted by atomic mass is 16.4. The van der Waals surface area contributed by atoms with Crippen LogP contribution >= 0.6 is 0 Å². The van der Waals surface area contributed by atoms with E-state index in [1.807, 2.05) is 0 Å². The summed E-state index contributed by atoms with van der Waals surface area (Å²) >= 11 is 0. The number of hydrogen-bond donors (Lipinski definition) is 12. The molecule has 1 aliphatic heterocycles. The molecule has 0 aromatic heterocycles. The topological polar surface area (TPSA) is 349 Å². The first kappa shape index (κ1) is 44.5. The molecule has 1 aliphatic rings. The SMILES string of the molecule is CC(C)C[C@@H]1NC(=O)[C@H](CCCN=C(N)N)NC(=O)[C@H](CCCCN)NC(=O)[C@H](CC(=O)O)NC(=O)[C@H](CCCCN)NC(=O)[C@@H](CO)NC1=O. The van der Waals surface area contributed by atoms with Gasteiger partial charge < -0.3 is 65.0 Å². The zero-order valence-electron chi connectivity index (χ0n) is 29.4. The summed E-state index contributed by atoms with van der Waals surface area (Å²) < 4.78 is 0. The Balaban J connectivity index is 3.71. The molecule has 1 heterocycles. The molecule has 1 rings (SSSR count). The lowest BCUT2D eigenvalue weighted by molar-refractivity contribution is -0.142. The van der Waals surface area contributed by atoms with Gasteiger partial charge in [-0.15, -0.1) is 0 Å². The van der Waals surface area contributed by atoms with E-state index in [2.05, 4.69) is 36.9 Å². The van der Waals surface area contributed by atoms with E-state index in [4.69, 9.17) is 22.9 Å². The molecule has 0 aromatic carbocycles. The number of aliphatic hydroxyl groups excluding tert-OH is 1. The molecule has 16 N–H and O–H groups in total. The Morgan fingerprint density at radius 3 is 1.41 bits per heavy atom. The number of amides is 6. The number of aliphatic imine (C=N–C) groups is 1. The van der Waals surface area contributed by atoms with Gasteiger partial charge in [0.05, 0.1) is 13.0 Å². The standard InChI is InChI=1S/C31H57N11O9/c1-17(2)14-21-28(49)42-23(16-43)30(51)39-19(9-4-6-12-33)26(47)41-22(15-24(44)45)29(50)38-18(8-3-5-11-32)25(46)37-20(27(48)40-21)10-7-13-36-31(34)35/h17-23,43H,3-16,32-33H2,1-2H3,(H,37,46)(H,38,50)(H,39,51)(H,40,48)(H,41,47)(H,42,49)(H,44,45)(H4,34,35,36)/t18-,19-,20-,21-,22-,23+/m0/s1. The summed E-state index contributed by atoms with van der Waals surface area (Å²) in [5.74, 6) is -6.98. The monoisotopic (exact) mass is 727 g/mol. The first-order chi connectivity index (χ1) is 24.1. The highest BCUT2D eigenvalue weighted by molar-refractivity contribution is 5.99. The number of carbonyl (C=O) groups is 7. The zero-order chi connectivity index (χ0) is 38.5. The average molecular weight is 728 g/mol. The third-order valence-electron chi connectivity index (χ3n) is 7.91. The molecule has 0 radical (unpaired) electrons. The maximum absolute atomic E-state index is 13.7. The normalized spacial score (nSPS) is 24.2. The number of aliphatic hydroxyl groups is 1. The van der Waals surface area contributed by atoms with E-state index in [1.54, 1.807) is 13.8 Å². The molecule has 0 aromatic rings. The molecule has 20 heteroatoms. The van der Waals surface area contributed by atoms with Gasteiger partial charge in [-0.2, -0.15) is 0 Å². The molecule has 290 valence electrons. The number of hydrogen-bond acceptors (Lipinski definition) is 11. The second kappa shape index (κ2) is 23.8. The van der Waals surface area contributed by atoms with Crippen LogP contribution in [0.15, 0.2) is 4.99 Å². The van der Waals surface area contributed by atoms with Crippen LogP contribution in [-0.4, -0.2) is 120 Å². The Kier molecular flexibility index (Phi) is 20.7. The van der Waals surface area contributed by atoms with Crippen molar-refractivity contribution < 1.29 is 43.8 Å². The molecule has 6 atom stereocenters. The summed E-state index contributed by atoms with van der Waals surface area (Å²) in [5, 5.41) is 34.6. The van der Waals surface area contributed by atoms with Gasteiger partial charge in [-0.1, -0.05) is 13.8 Å². The quantitative estimate of drug-likeness (QED) is 0.0384. The van der Waals surface area contributed by atoms with E-state index in [0.29, 0.717) is 25.7 Å². The molecule has 6 amide bonds. The number of carbonyl (C=O) groups excluding carboxylic acids is 6. The van der Waals surface area contributed by atoms with E-state index in [9.17, 15) is 43.8 Å². The van der Waals surface area contributed by atoms with Gasteiger partial charge in [0.25, 0.3) is 0 Å². The molecule has 0 spiro atoms. The van der Waals surface area contributed by atoms with Crippen molar-refractivity contribution in [3.8, 4) is 0 Å². The molecule has 20 nitrogen and oxygen atoms in total. The number of unbranched alkanes of at least 4 members (excludes halogenated alkanes) is 2. The second-order valence-electron chi connectivity index (χ2n) is 12.8. The van der Waals surface area contributed by atoms with Crippen molar-refractivity contribution in [2.45, 2.75) is 114 Å². The average Bonchev–Trinajstić information content (AvgIpc) is 3.05. The summed E-state index contributed by atoms with van der Waals surface area (Å²) in [6, 6.07) is -8.33. The van der Waals surface area contributed by atoms with Gasteiger partial charge in [0.1, 0.15) is 36.3 Å². The van der Waals surface area contributed by atoms with Crippen molar-refractivity contribution in [2.24, 2.45) is 33.8 Å². The Labute approximate surface area is 297 Å². The number of nitrogens with zero attached hydrogens (tertiary/aromatic N) is 1. The Hall–Kier alpha value is -4.56. The van der Waals surface area contributed by atoms with Crippen LogP contribution in [0, 0.1) is 5.92 Å². The van der Waals surface area contributed by atoms with Crippen LogP contribution < -0.4 is 54.8 Å². The molecule has 1 saturated heterocycles. The van der Waals surface area contributed by atoms with Crippen molar-refractivity contribution in [3.63, 3.8) is 0 Å². The number of nitrogens with two attached hydrogens (primary N) is 4. The molecule has 1 fully saturated rings. The summed E-state index contributed by atoms with van der Waals surface area (Å²) in [4.78, 5) is 96.8. The first-order valence-corrected chi connectivity index (χ1v) is 17.2. The van der Waals surface area contributed by atoms with Crippen LogP contribution in [0.25, 0.3) is 0 Å². The maximum Gasteiger partial charge on any atom is 0.305 e. The number of carboxylic acids is 1. The zero-order valence-corrected chi connectivity index (χ0v) is 29.4. The molecule has 0 aliphatic carbocycles. The molecule has 0 unspecified atom stereocenters. The van der Waals surface area contributed by atoms with Crippen LogP contribution in [0.4, 0.5) is 0 Å². The van der Waals surface area contributed by atoms with E-state index in [0.717, 1.165) is 0 Å². The van der Waals surface area contributed by atoms with Crippen molar-refractivity contribution in [3.05, 3.63) is 0 Å². The van der Waals surface area contributed by atoms with Crippen molar-refractivity contribution in [2.75, 3.05) is 26.2 Å².